The molecule has 0 fully saturated rings. The fourth-order valence-electron chi connectivity index (χ4n) is 2.21. The van der Waals surface area contributed by atoms with Crippen molar-refractivity contribution in [3.8, 4) is 0 Å². The molecule has 2 aromatic heterocycles. The summed E-state index contributed by atoms with van der Waals surface area (Å²) < 4.78 is 0.937. The van der Waals surface area contributed by atoms with Crippen LogP contribution in [0.2, 0.25) is 0 Å². The van der Waals surface area contributed by atoms with E-state index in [1.807, 2.05) is 19.1 Å². The van der Waals surface area contributed by atoms with Crippen LogP contribution in [0.3, 0.4) is 0 Å². The summed E-state index contributed by atoms with van der Waals surface area (Å²) in [5.74, 6) is 0.412. The van der Waals surface area contributed by atoms with E-state index in [9.17, 15) is 4.79 Å². The molecular formula is C18H20N4OS. The highest BCUT2D eigenvalue weighted by atomic mass is 32.1. The molecule has 2 N–H and O–H groups in total. The Morgan fingerprint density at radius 1 is 1.12 bits per heavy atom. The van der Waals surface area contributed by atoms with Crippen LogP contribution < -0.4 is 10.9 Å². The minimum absolute atomic E-state index is 0.0494. The lowest BCUT2D eigenvalue weighted by Gasteiger charge is -2.14. The molecule has 2 heterocycles. The van der Waals surface area contributed by atoms with Gasteiger partial charge in [0.05, 0.1) is 10.2 Å². The Bertz CT molecular complexity index is 878. The third-order valence-corrected chi connectivity index (χ3v) is 5.22. The van der Waals surface area contributed by atoms with Crippen LogP contribution in [0, 0.1) is 6.92 Å². The number of carbonyl (C=O) groups excluding carboxylic acids is 1. The first-order valence-corrected chi connectivity index (χ1v) is 8.54. The summed E-state index contributed by atoms with van der Waals surface area (Å²) in [6.07, 6.45) is 1.50. The summed E-state index contributed by atoms with van der Waals surface area (Å²) in [5.41, 5.74) is 8.27. The van der Waals surface area contributed by atoms with Crippen molar-refractivity contribution in [3.63, 3.8) is 0 Å². The van der Waals surface area contributed by atoms with Gasteiger partial charge in [0.2, 0.25) is 0 Å². The van der Waals surface area contributed by atoms with Crippen LogP contribution in [0.25, 0.3) is 10.2 Å². The number of rotatable bonds is 3. The third kappa shape index (κ3) is 3.38. The van der Waals surface area contributed by atoms with Crippen LogP contribution in [-0.2, 0) is 5.41 Å². The number of hydrogen-bond acceptors (Lipinski definition) is 5. The van der Waals surface area contributed by atoms with E-state index in [0.717, 1.165) is 15.8 Å². The molecule has 0 saturated carbocycles. The minimum Gasteiger partial charge on any atom is -0.280 e. The molecule has 0 aliphatic heterocycles. The molecule has 6 heteroatoms. The number of nitrogens with zero attached hydrogens (tertiary/aromatic N) is 2. The van der Waals surface area contributed by atoms with E-state index in [-0.39, 0.29) is 11.3 Å². The highest BCUT2D eigenvalue weighted by Crippen LogP contribution is 2.35. The van der Waals surface area contributed by atoms with Crippen LogP contribution in [0.1, 0.15) is 41.6 Å². The van der Waals surface area contributed by atoms with Gasteiger partial charge < -0.3 is 0 Å². The van der Waals surface area contributed by atoms with E-state index in [4.69, 9.17) is 0 Å². The van der Waals surface area contributed by atoms with Crippen molar-refractivity contribution in [3.05, 3.63) is 52.7 Å². The Balaban J connectivity index is 1.81. The normalized spacial score (nSPS) is 11.5. The van der Waals surface area contributed by atoms with Crippen LogP contribution in [-0.4, -0.2) is 15.9 Å². The number of aryl methyl sites for hydroxylation is 1. The second-order valence-corrected chi connectivity index (χ2v) is 7.79. The summed E-state index contributed by atoms with van der Waals surface area (Å²) in [5, 5.41) is 0. The molecule has 0 bridgehead atoms. The third-order valence-electron chi connectivity index (χ3n) is 3.66. The highest BCUT2D eigenvalue weighted by molar-refractivity contribution is 7.19. The van der Waals surface area contributed by atoms with E-state index in [0.29, 0.717) is 11.4 Å². The van der Waals surface area contributed by atoms with Crippen LogP contribution in [0.4, 0.5) is 5.82 Å². The van der Waals surface area contributed by atoms with E-state index < -0.39 is 0 Å². The summed E-state index contributed by atoms with van der Waals surface area (Å²) >= 11 is 1.64. The van der Waals surface area contributed by atoms with Gasteiger partial charge in [-0.1, -0.05) is 38.5 Å². The monoisotopic (exact) mass is 340 g/mol. The van der Waals surface area contributed by atoms with Crippen LogP contribution in [0.5, 0.6) is 0 Å². The molecule has 1 amide bonds. The van der Waals surface area contributed by atoms with E-state index in [2.05, 4.69) is 47.7 Å². The maximum Gasteiger partial charge on any atom is 0.269 e. The number of anilines is 1. The number of amides is 1. The van der Waals surface area contributed by atoms with Crippen molar-refractivity contribution in [2.45, 2.75) is 33.1 Å². The predicted octanol–water partition coefficient (Wildman–Crippen LogP) is 4.05. The fourth-order valence-corrected chi connectivity index (χ4v) is 3.32. The quantitative estimate of drug-likeness (QED) is 0.706. The Morgan fingerprint density at radius 3 is 2.50 bits per heavy atom. The van der Waals surface area contributed by atoms with E-state index in [1.54, 1.807) is 23.5 Å². The van der Waals surface area contributed by atoms with Crippen molar-refractivity contribution in [1.82, 2.24) is 15.4 Å². The lowest BCUT2D eigenvalue weighted by molar-refractivity contribution is 0.0962. The maximum absolute atomic E-state index is 12.2. The summed E-state index contributed by atoms with van der Waals surface area (Å²) in [4.78, 5) is 22.0. The number of hydrazine groups is 1. The van der Waals surface area contributed by atoms with Gasteiger partial charge in [-0.05, 0) is 30.5 Å². The predicted molar refractivity (Wildman–Crippen MR) is 98.4 cm³/mol. The van der Waals surface area contributed by atoms with Crippen LogP contribution >= 0.6 is 11.3 Å². The molecule has 3 aromatic rings. The van der Waals surface area contributed by atoms with Gasteiger partial charge >= 0.3 is 0 Å². The molecule has 0 spiro atoms. The number of thiophene rings is 1. The Hall–Kier alpha value is -2.47. The number of nitrogens with one attached hydrogen (secondary N) is 2. The molecule has 24 heavy (non-hydrogen) atoms. The number of hydrogen-bond donors (Lipinski definition) is 2. The molecule has 0 unspecified atom stereocenters. The maximum atomic E-state index is 12.2. The Kier molecular flexibility index (Phi) is 4.24. The van der Waals surface area contributed by atoms with E-state index in [1.165, 1.54) is 11.2 Å². The van der Waals surface area contributed by atoms with Gasteiger partial charge in [0.1, 0.15) is 6.33 Å². The molecule has 0 atom stereocenters. The lowest BCUT2D eigenvalue weighted by Crippen LogP contribution is -2.29. The first-order chi connectivity index (χ1) is 11.3. The molecular weight excluding hydrogens is 320 g/mol. The zero-order valence-corrected chi connectivity index (χ0v) is 15.0. The Labute approximate surface area is 145 Å². The average molecular weight is 340 g/mol. The smallest absolute Gasteiger partial charge is 0.269 e. The van der Waals surface area contributed by atoms with Gasteiger partial charge in [0.15, 0.2) is 5.82 Å². The first-order valence-electron chi connectivity index (χ1n) is 7.72. The first kappa shape index (κ1) is 16.4. The molecule has 0 radical (unpaired) electrons. The van der Waals surface area contributed by atoms with Crippen molar-refractivity contribution < 1.29 is 4.79 Å². The van der Waals surface area contributed by atoms with Gasteiger partial charge in [0.25, 0.3) is 5.91 Å². The zero-order chi connectivity index (χ0) is 17.3. The summed E-state index contributed by atoms with van der Waals surface area (Å²) in [6.45, 7) is 8.48. The molecule has 124 valence electrons. The second kappa shape index (κ2) is 6.20. The SMILES string of the molecule is Cc1ccc(C(=O)NNc2ncnc3cc(C(C)(C)C)sc23)cc1. The average Bonchev–Trinajstić information content (AvgIpc) is 2.98. The fraction of sp³-hybridized carbons (Fsp3) is 0.278. The van der Waals surface area contributed by atoms with Crippen molar-refractivity contribution in [1.29, 1.82) is 0 Å². The van der Waals surface area contributed by atoms with Gasteiger partial charge in [-0.2, -0.15) is 0 Å². The molecule has 1 aromatic carbocycles. The van der Waals surface area contributed by atoms with Gasteiger partial charge in [0, 0.05) is 10.4 Å². The second-order valence-electron chi connectivity index (χ2n) is 6.74. The van der Waals surface area contributed by atoms with Crippen LogP contribution in [0.15, 0.2) is 36.7 Å². The molecule has 0 saturated heterocycles. The number of carbonyl (C=O) groups is 1. The molecule has 3 rings (SSSR count). The topological polar surface area (TPSA) is 66.9 Å². The number of benzene rings is 1. The lowest BCUT2D eigenvalue weighted by atomic mass is 9.95. The highest BCUT2D eigenvalue weighted by Gasteiger charge is 2.19. The Morgan fingerprint density at radius 2 is 1.83 bits per heavy atom. The van der Waals surface area contributed by atoms with Gasteiger partial charge in [-0.25, -0.2) is 9.97 Å². The summed E-state index contributed by atoms with van der Waals surface area (Å²) in [7, 11) is 0. The number of fused-ring (bicyclic) bond motifs is 1. The largest absolute Gasteiger partial charge is 0.280 e. The zero-order valence-electron chi connectivity index (χ0n) is 14.2. The van der Waals surface area contributed by atoms with Crippen molar-refractivity contribution in [2.75, 3.05) is 5.43 Å². The standard InChI is InChI=1S/C18H20N4OS/c1-11-5-7-12(8-6-11)17(23)22-21-16-15-13(19-10-20-16)9-14(24-15)18(2,3)4/h5-10H,1-4H3,(H,22,23)(H,19,20,21). The van der Waals surface area contributed by atoms with Gasteiger partial charge in [-0.15, -0.1) is 11.3 Å². The molecule has 0 aliphatic carbocycles. The number of aromatic nitrogens is 2. The van der Waals surface area contributed by atoms with Gasteiger partial charge in [-0.3, -0.25) is 15.6 Å². The minimum atomic E-state index is -0.200. The van der Waals surface area contributed by atoms with Crippen molar-refractivity contribution >= 4 is 33.3 Å². The van der Waals surface area contributed by atoms with Crippen molar-refractivity contribution in [2.24, 2.45) is 0 Å². The van der Waals surface area contributed by atoms with E-state index >= 15 is 0 Å². The molecule has 0 aliphatic rings. The molecule has 5 nitrogen and oxygen atoms in total. The summed E-state index contributed by atoms with van der Waals surface area (Å²) in [6, 6.07) is 9.49.